The smallest absolute Gasteiger partial charge is 0.337 e. The monoisotopic (exact) mass is 366 g/mol. The SMILES string of the molecule is COC(=O)c1cccc(SSC2=CC(C(=O)OC)C=CC2(N)N)c1. The lowest BCUT2D eigenvalue weighted by atomic mass is 9.97. The van der Waals surface area contributed by atoms with Gasteiger partial charge in [-0.15, -0.1) is 0 Å². The van der Waals surface area contributed by atoms with Gasteiger partial charge in [-0.3, -0.25) is 4.79 Å². The predicted octanol–water partition coefficient (Wildman–Crippen LogP) is 2.07. The molecule has 0 aliphatic heterocycles. The third kappa shape index (κ3) is 4.41. The van der Waals surface area contributed by atoms with Crippen molar-refractivity contribution in [3.05, 3.63) is 53.0 Å². The third-order valence-electron chi connectivity index (χ3n) is 3.29. The molecule has 0 aromatic heterocycles. The summed E-state index contributed by atoms with van der Waals surface area (Å²) < 4.78 is 9.44. The number of hydrogen-bond donors (Lipinski definition) is 2. The van der Waals surface area contributed by atoms with E-state index >= 15 is 0 Å². The molecule has 0 saturated heterocycles. The van der Waals surface area contributed by atoms with E-state index in [1.807, 2.05) is 6.07 Å². The second kappa shape index (κ2) is 7.89. The summed E-state index contributed by atoms with van der Waals surface area (Å²) in [6, 6.07) is 7.01. The molecule has 0 bridgehead atoms. The Kier molecular flexibility index (Phi) is 6.11. The number of esters is 2. The Bertz CT molecular complexity index is 701. The van der Waals surface area contributed by atoms with Gasteiger partial charge >= 0.3 is 11.9 Å². The highest BCUT2D eigenvalue weighted by Crippen LogP contribution is 2.42. The van der Waals surface area contributed by atoms with Gasteiger partial charge in [0.25, 0.3) is 0 Å². The van der Waals surface area contributed by atoms with Crippen LogP contribution in [0.4, 0.5) is 0 Å². The molecule has 0 amide bonds. The van der Waals surface area contributed by atoms with Gasteiger partial charge in [0, 0.05) is 9.80 Å². The van der Waals surface area contributed by atoms with Gasteiger partial charge in [0.2, 0.25) is 0 Å². The summed E-state index contributed by atoms with van der Waals surface area (Å²) in [5, 5.41) is 0. The molecule has 1 atom stereocenters. The molecule has 24 heavy (non-hydrogen) atoms. The largest absolute Gasteiger partial charge is 0.468 e. The minimum Gasteiger partial charge on any atom is -0.468 e. The number of hydrogen-bond acceptors (Lipinski definition) is 8. The molecule has 1 aliphatic carbocycles. The number of carbonyl (C=O) groups is 2. The van der Waals surface area contributed by atoms with Crippen LogP contribution in [0.3, 0.4) is 0 Å². The van der Waals surface area contributed by atoms with Crippen molar-refractivity contribution in [2.75, 3.05) is 14.2 Å². The van der Waals surface area contributed by atoms with Gasteiger partial charge in [-0.05, 0) is 24.3 Å². The second-order valence-corrected chi connectivity index (χ2v) is 7.30. The summed E-state index contributed by atoms with van der Waals surface area (Å²) in [6.45, 7) is 0. The van der Waals surface area contributed by atoms with E-state index in [1.165, 1.54) is 35.8 Å². The molecule has 4 N–H and O–H groups in total. The minimum absolute atomic E-state index is 0.377. The number of nitrogens with two attached hydrogens (primary N) is 2. The van der Waals surface area contributed by atoms with Crippen LogP contribution in [-0.2, 0) is 14.3 Å². The van der Waals surface area contributed by atoms with Crippen molar-refractivity contribution >= 4 is 33.5 Å². The molecule has 0 saturated carbocycles. The molecule has 1 aliphatic rings. The number of ether oxygens (including phenoxy) is 2. The van der Waals surface area contributed by atoms with Gasteiger partial charge in [-0.2, -0.15) is 0 Å². The first-order valence-corrected chi connectivity index (χ1v) is 9.12. The van der Waals surface area contributed by atoms with E-state index in [-0.39, 0.29) is 5.97 Å². The van der Waals surface area contributed by atoms with Crippen LogP contribution in [0, 0.1) is 5.92 Å². The standard InChI is InChI=1S/C16H18N2O4S2/c1-21-14(19)10-4-3-5-12(8-10)23-24-13-9-11(15(20)22-2)6-7-16(13,17)18/h3-9,11H,17-18H2,1-2H3. The van der Waals surface area contributed by atoms with Crippen LogP contribution < -0.4 is 11.5 Å². The van der Waals surface area contributed by atoms with E-state index < -0.39 is 17.6 Å². The number of methoxy groups -OCH3 is 2. The summed E-state index contributed by atoms with van der Waals surface area (Å²) in [4.78, 5) is 24.7. The van der Waals surface area contributed by atoms with Crippen LogP contribution in [0.5, 0.6) is 0 Å². The molecular weight excluding hydrogens is 348 g/mol. The second-order valence-electron chi connectivity index (χ2n) is 5.06. The van der Waals surface area contributed by atoms with Crippen LogP contribution >= 0.6 is 21.6 Å². The van der Waals surface area contributed by atoms with E-state index in [0.717, 1.165) is 4.90 Å². The Morgan fingerprint density at radius 3 is 2.58 bits per heavy atom. The van der Waals surface area contributed by atoms with Crippen molar-refractivity contribution in [3.63, 3.8) is 0 Å². The van der Waals surface area contributed by atoms with Crippen molar-refractivity contribution in [3.8, 4) is 0 Å². The van der Waals surface area contributed by atoms with Crippen molar-refractivity contribution < 1.29 is 19.1 Å². The molecule has 0 radical (unpaired) electrons. The molecule has 1 aromatic rings. The first-order chi connectivity index (χ1) is 11.4. The lowest BCUT2D eigenvalue weighted by molar-refractivity contribution is -0.142. The maximum atomic E-state index is 11.7. The number of carbonyl (C=O) groups excluding carboxylic acids is 2. The predicted molar refractivity (Wildman–Crippen MR) is 95.1 cm³/mol. The van der Waals surface area contributed by atoms with E-state index in [4.69, 9.17) is 20.9 Å². The Hall–Kier alpha value is -1.74. The first-order valence-electron chi connectivity index (χ1n) is 6.97. The highest BCUT2D eigenvalue weighted by atomic mass is 33.1. The van der Waals surface area contributed by atoms with Gasteiger partial charge < -0.3 is 20.9 Å². The van der Waals surface area contributed by atoms with Crippen molar-refractivity contribution in [1.29, 1.82) is 0 Å². The Labute approximate surface area is 148 Å². The Morgan fingerprint density at radius 2 is 1.92 bits per heavy atom. The summed E-state index contributed by atoms with van der Waals surface area (Å²) in [7, 11) is 5.38. The van der Waals surface area contributed by atoms with Gasteiger partial charge in [-0.1, -0.05) is 39.8 Å². The van der Waals surface area contributed by atoms with E-state index in [9.17, 15) is 9.59 Å². The summed E-state index contributed by atoms with van der Waals surface area (Å²) >= 11 is 0. The van der Waals surface area contributed by atoms with Crippen LogP contribution in [0.1, 0.15) is 10.4 Å². The van der Waals surface area contributed by atoms with E-state index in [2.05, 4.69) is 0 Å². The molecule has 0 spiro atoms. The average Bonchev–Trinajstić information content (AvgIpc) is 2.59. The topological polar surface area (TPSA) is 105 Å². The maximum absolute atomic E-state index is 11.7. The van der Waals surface area contributed by atoms with Gasteiger partial charge in [0.05, 0.1) is 25.7 Å². The fourth-order valence-corrected chi connectivity index (χ4v) is 4.35. The van der Waals surface area contributed by atoms with E-state index in [0.29, 0.717) is 10.5 Å². The van der Waals surface area contributed by atoms with Crippen LogP contribution in [0.15, 0.2) is 52.3 Å². The highest BCUT2D eigenvalue weighted by Gasteiger charge is 2.30. The van der Waals surface area contributed by atoms with Gasteiger partial charge in [-0.25, -0.2) is 4.79 Å². The Balaban J connectivity index is 2.13. The minimum atomic E-state index is -1.15. The lowest BCUT2D eigenvalue weighted by Gasteiger charge is -2.28. The number of benzene rings is 1. The average molecular weight is 366 g/mol. The molecule has 2 rings (SSSR count). The molecule has 0 fully saturated rings. The van der Waals surface area contributed by atoms with Crippen molar-refractivity contribution in [1.82, 2.24) is 0 Å². The zero-order chi connectivity index (χ0) is 17.7. The molecule has 1 unspecified atom stereocenters. The first kappa shape index (κ1) is 18.6. The fourth-order valence-electron chi connectivity index (χ4n) is 1.98. The van der Waals surface area contributed by atoms with Crippen LogP contribution in [-0.4, -0.2) is 31.8 Å². The molecule has 0 heterocycles. The molecule has 128 valence electrons. The molecule has 8 heteroatoms. The summed E-state index contributed by atoms with van der Waals surface area (Å²) in [5.74, 6) is -1.29. The zero-order valence-corrected chi connectivity index (χ0v) is 14.9. The molecular formula is C16H18N2O4S2. The molecule has 1 aromatic carbocycles. The van der Waals surface area contributed by atoms with E-state index in [1.54, 1.807) is 36.4 Å². The normalized spacial score (nSPS) is 18.7. The summed E-state index contributed by atoms with van der Waals surface area (Å²) in [6.07, 6.45) is 4.90. The van der Waals surface area contributed by atoms with Crippen LogP contribution in [0.2, 0.25) is 0 Å². The van der Waals surface area contributed by atoms with Crippen molar-refractivity contribution in [2.24, 2.45) is 17.4 Å². The quantitative estimate of drug-likeness (QED) is 0.353. The van der Waals surface area contributed by atoms with Crippen molar-refractivity contribution in [2.45, 2.75) is 10.6 Å². The number of rotatable bonds is 5. The van der Waals surface area contributed by atoms with Crippen LogP contribution in [0.25, 0.3) is 0 Å². The maximum Gasteiger partial charge on any atom is 0.337 e. The van der Waals surface area contributed by atoms with Gasteiger partial charge in [0.1, 0.15) is 5.66 Å². The Morgan fingerprint density at radius 1 is 1.17 bits per heavy atom. The third-order valence-corrected chi connectivity index (χ3v) is 5.86. The highest BCUT2D eigenvalue weighted by molar-refractivity contribution is 8.78. The molecule has 6 nitrogen and oxygen atoms in total. The zero-order valence-electron chi connectivity index (χ0n) is 13.2. The fraction of sp³-hybridized carbons (Fsp3) is 0.250. The summed E-state index contributed by atoms with van der Waals surface area (Å²) in [5.41, 5.74) is 11.4. The van der Waals surface area contributed by atoms with Gasteiger partial charge in [0.15, 0.2) is 0 Å². The lowest BCUT2D eigenvalue weighted by Crippen LogP contribution is -2.49.